The van der Waals surface area contributed by atoms with E-state index in [2.05, 4.69) is 9.97 Å². The van der Waals surface area contributed by atoms with Gasteiger partial charge in [0.15, 0.2) is 0 Å². The van der Waals surface area contributed by atoms with Crippen molar-refractivity contribution in [2.45, 2.75) is 12.3 Å². The summed E-state index contributed by atoms with van der Waals surface area (Å²) in [6.07, 6.45) is 5.50. The molecule has 3 aromatic rings. The lowest BCUT2D eigenvalue weighted by Crippen LogP contribution is -2.28. The number of carbonyl (C=O) groups excluding carboxylic acids is 1. The van der Waals surface area contributed by atoms with Gasteiger partial charge in [-0.3, -0.25) is 9.20 Å². The number of benzene rings is 1. The minimum atomic E-state index is -0.219. The zero-order chi connectivity index (χ0) is 16.7. The monoisotopic (exact) mass is 344 g/mol. The lowest BCUT2D eigenvalue weighted by atomic mass is 9.98. The molecule has 1 amide bonds. The molecule has 1 aromatic carbocycles. The van der Waals surface area contributed by atoms with E-state index in [0.717, 1.165) is 6.42 Å². The third-order valence-electron chi connectivity index (χ3n) is 4.32. The number of amides is 1. The molecule has 122 valence electrons. The molecular formula is C17H14ClFN4O. The summed E-state index contributed by atoms with van der Waals surface area (Å²) in [4.78, 5) is 22.7. The van der Waals surface area contributed by atoms with E-state index in [9.17, 15) is 9.18 Å². The van der Waals surface area contributed by atoms with E-state index in [1.165, 1.54) is 12.3 Å². The van der Waals surface area contributed by atoms with E-state index >= 15 is 0 Å². The van der Waals surface area contributed by atoms with Gasteiger partial charge in [-0.1, -0.05) is 29.8 Å². The van der Waals surface area contributed by atoms with Crippen LogP contribution >= 0.6 is 11.6 Å². The van der Waals surface area contributed by atoms with Gasteiger partial charge >= 0.3 is 0 Å². The summed E-state index contributed by atoms with van der Waals surface area (Å²) in [7, 11) is 0. The first kappa shape index (κ1) is 15.1. The van der Waals surface area contributed by atoms with Crippen molar-refractivity contribution in [3.8, 4) is 0 Å². The third kappa shape index (κ3) is 2.63. The summed E-state index contributed by atoms with van der Waals surface area (Å²) in [6, 6.07) is 6.73. The number of rotatable bonds is 2. The van der Waals surface area contributed by atoms with Crippen LogP contribution in [0.2, 0.25) is 5.02 Å². The van der Waals surface area contributed by atoms with Gasteiger partial charge in [-0.15, -0.1) is 0 Å². The molecule has 24 heavy (non-hydrogen) atoms. The Hall–Kier alpha value is -2.47. The number of likely N-dealkylation sites (tertiary alicyclic amines) is 1. The second kappa shape index (κ2) is 5.87. The average molecular weight is 345 g/mol. The maximum atomic E-state index is 13.9. The molecule has 0 bridgehead atoms. The standard InChI is InChI=1S/C17H14ClFN4O/c18-12-7-20-17-21-15(10-23(17)9-12)16(24)22-6-5-11(8-22)13-3-1-2-4-14(13)19/h1-4,7,9-11H,5-6,8H2. The van der Waals surface area contributed by atoms with Crippen molar-refractivity contribution in [3.05, 3.63) is 65.0 Å². The van der Waals surface area contributed by atoms with Gasteiger partial charge < -0.3 is 4.90 Å². The lowest BCUT2D eigenvalue weighted by Gasteiger charge is -2.15. The number of fused-ring (bicyclic) bond motifs is 1. The van der Waals surface area contributed by atoms with Gasteiger partial charge in [-0.05, 0) is 18.1 Å². The van der Waals surface area contributed by atoms with Crippen molar-refractivity contribution in [3.63, 3.8) is 0 Å². The van der Waals surface area contributed by atoms with E-state index < -0.39 is 0 Å². The van der Waals surface area contributed by atoms with E-state index in [0.29, 0.717) is 35.1 Å². The molecule has 1 unspecified atom stereocenters. The molecule has 0 N–H and O–H groups in total. The lowest BCUT2D eigenvalue weighted by molar-refractivity contribution is 0.0785. The quantitative estimate of drug-likeness (QED) is 0.717. The zero-order valence-electron chi connectivity index (χ0n) is 12.7. The van der Waals surface area contributed by atoms with Gasteiger partial charge in [0.05, 0.1) is 11.2 Å². The van der Waals surface area contributed by atoms with Crippen LogP contribution in [0.4, 0.5) is 4.39 Å². The second-order valence-electron chi connectivity index (χ2n) is 5.86. The van der Waals surface area contributed by atoms with Crippen LogP contribution in [0, 0.1) is 5.82 Å². The molecule has 0 spiro atoms. The number of hydrogen-bond acceptors (Lipinski definition) is 3. The number of halogens is 2. The minimum absolute atomic E-state index is 0.0137. The largest absolute Gasteiger partial charge is 0.337 e. The first-order valence-corrected chi connectivity index (χ1v) is 8.03. The van der Waals surface area contributed by atoms with Crippen LogP contribution in [-0.4, -0.2) is 38.3 Å². The van der Waals surface area contributed by atoms with Crippen molar-refractivity contribution >= 4 is 23.3 Å². The number of hydrogen-bond donors (Lipinski definition) is 0. The fraction of sp³-hybridized carbons (Fsp3) is 0.235. The Bertz CT molecular complexity index is 926. The second-order valence-corrected chi connectivity index (χ2v) is 6.30. The maximum Gasteiger partial charge on any atom is 0.274 e. The summed E-state index contributed by atoms with van der Waals surface area (Å²) in [5.41, 5.74) is 0.982. The van der Waals surface area contributed by atoms with Crippen LogP contribution in [0.1, 0.15) is 28.4 Å². The Morgan fingerprint density at radius 2 is 2.12 bits per heavy atom. The van der Waals surface area contributed by atoms with Crippen LogP contribution in [-0.2, 0) is 0 Å². The fourth-order valence-corrected chi connectivity index (χ4v) is 3.28. The maximum absolute atomic E-state index is 13.9. The van der Waals surface area contributed by atoms with E-state index in [1.54, 1.807) is 33.8 Å². The van der Waals surface area contributed by atoms with Crippen molar-refractivity contribution in [2.75, 3.05) is 13.1 Å². The smallest absolute Gasteiger partial charge is 0.274 e. The van der Waals surface area contributed by atoms with Gasteiger partial charge in [0.25, 0.3) is 5.91 Å². The van der Waals surface area contributed by atoms with E-state index in [1.807, 2.05) is 6.07 Å². The molecule has 1 fully saturated rings. The van der Waals surface area contributed by atoms with Crippen molar-refractivity contribution in [2.24, 2.45) is 0 Å². The molecule has 0 radical (unpaired) electrons. The molecule has 1 aliphatic rings. The van der Waals surface area contributed by atoms with Crippen LogP contribution in [0.5, 0.6) is 0 Å². The fourth-order valence-electron chi connectivity index (χ4n) is 3.13. The number of aromatic nitrogens is 3. The Morgan fingerprint density at radius 3 is 2.96 bits per heavy atom. The number of imidazole rings is 1. The van der Waals surface area contributed by atoms with Crippen molar-refractivity contribution < 1.29 is 9.18 Å². The summed E-state index contributed by atoms with van der Waals surface area (Å²) >= 11 is 5.89. The number of carbonyl (C=O) groups is 1. The highest BCUT2D eigenvalue weighted by molar-refractivity contribution is 6.30. The summed E-state index contributed by atoms with van der Waals surface area (Å²) in [5.74, 6) is 0.0474. The average Bonchev–Trinajstić information content (AvgIpc) is 3.21. The Balaban J connectivity index is 1.55. The van der Waals surface area contributed by atoms with Gasteiger partial charge in [0, 0.05) is 31.4 Å². The van der Waals surface area contributed by atoms with Crippen LogP contribution in [0.15, 0.2) is 42.9 Å². The molecule has 1 atom stereocenters. The molecule has 5 nitrogen and oxygen atoms in total. The van der Waals surface area contributed by atoms with E-state index in [4.69, 9.17) is 11.6 Å². The third-order valence-corrected chi connectivity index (χ3v) is 4.51. The highest BCUT2D eigenvalue weighted by Crippen LogP contribution is 2.29. The van der Waals surface area contributed by atoms with Gasteiger partial charge in [0.2, 0.25) is 5.78 Å². The Labute approximate surface area is 142 Å². The molecular weight excluding hydrogens is 331 g/mol. The summed E-state index contributed by atoms with van der Waals surface area (Å²) < 4.78 is 15.6. The molecule has 3 heterocycles. The first-order chi connectivity index (χ1) is 11.6. The van der Waals surface area contributed by atoms with Crippen LogP contribution in [0.25, 0.3) is 5.78 Å². The van der Waals surface area contributed by atoms with Crippen molar-refractivity contribution in [1.82, 2.24) is 19.3 Å². The molecule has 4 rings (SSSR count). The SMILES string of the molecule is O=C(c1cn2cc(Cl)cnc2n1)N1CCC(c2ccccc2F)C1. The molecule has 1 aliphatic heterocycles. The summed E-state index contributed by atoms with van der Waals surface area (Å²) in [6.45, 7) is 1.07. The predicted molar refractivity (Wildman–Crippen MR) is 87.7 cm³/mol. The van der Waals surface area contributed by atoms with Gasteiger partial charge in [0.1, 0.15) is 11.5 Å². The van der Waals surface area contributed by atoms with Crippen LogP contribution < -0.4 is 0 Å². The molecule has 0 saturated carbocycles. The Kier molecular flexibility index (Phi) is 3.69. The predicted octanol–water partition coefficient (Wildman–Crippen LogP) is 3.15. The van der Waals surface area contributed by atoms with E-state index in [-0.39, 0.29) is 17.6 Å². The van der Waals surface area contributed by atoms with Crippen molar-refractivity contribution in [1.29, 1.82) is 0 Å². The summed E-state index contributed by atoms with van der Waals surface area (Å²) in [5, 5.41) is 0.472. The molecule has 2 aromatic heterocycles. The highest BCUT2D eigenvalue weighted by Gasteiger charge is 2.30. The topological polar surface area (TPSA) is 50.5 Å². The van der Waals surface area contributed by atoms with Gasteiger partial charge in [-0.2, -0.15) is 0 Å². The molecule has 1 saturated heterocycles. The normalized spacial score (nSPS) is 17.6. The van der Waals surface area contributed by atoms with Gasteiger partial charge in [-0.25, -0.2) is 14.4 Å². The first-order valence-electron chi connectivity index (χ1n) is 7.66. The molecule has 0 aliphatic carbocycles. The zero-order valence-corrected chi connectivity index (χ0v) is 13.4. The van der Waals surface area contributed by atoms with Crippen LogP contribution in [0.3, 0.4) is 0 Å². The molecule has 7 heteroatoms. The minimum Gasteiger partial charge on any atom is -0.337 e. The number of nitrogens with zero attached hydrogens (tertiary/aromatic N) is 4. The Morgan fingerprint density at radius 1 is 1.29 bits per heavy atom. The highest BCUT2D eigenvalue weighted by atomic mass is 35.5.